The molecule has 17 rings (SSSR count). The number of methoxy groups -OCH3 is 2. The first kappa shape index (κ1) is 98.1. The van der Waals surface area contributed by atoms with Gasteiger partial charge >= 0.3 is 0 Å². The molecule has 6 saturated carbocycles. The maximum atomic E-state index is 9.18. The van der Waals surface area contributed by atoms with Crippen molar-refractivity contribution >= 4 is 57.7 Å². The van der Waals surface area contributed by atoms with E-state index in [0.717, 1.165) is 108 Å². The van der Waals surface area contributed by atoms with Crippen LogP contribution in [0.4, 0.5) is 0 Å². The molecule has 105 heavy (non-hydrogen) atoms. The van der Waals surface area contributed by atoms with Gasteiger partial charge in [-0.3, -0.25) is 14.9 Å². The van der Waals surface area contributed by atoms with E-state index in [1.54, 1.807) is 19.8 Å². The quantitative estimate of drug-likeness (QED) is 0.223. The molecule has 0 radical (unpaired) electrons. The molecule has 9 aliphatic heterocycles. The van der Waals surface area contributed by atoms with E-state index in [9.17, 15) is 5.11 Å². The Morgan fingerprint density at radius 1 is 0.543 bits per heavy atom. The van der Waals surface area contributed by atoms with Gasteiger partial charge in [0.15, 0.2) is 5.90 Å². The van der Waals surface area contributed by atoms with Gasteiger partial charge in [0.25, 0.3) is 0 Å². The summed E-state index contributed by atoms with van der Waals surface area (Å²) in [7, 11) is 20.8. The van der Waals surface area contributed by atoms with Crippen molar-refractivity contribution in [2.75, 3.05) is 219 Å². The summed E-state index contributed by atoms with van der Waals surface area (Å²) >= 11 is 15.0. The van der Waals surface area contributed by atoms with E-state index in [1.165, 1.54) is 228 Å². The first-order valence-electron chi connectivity index (χ1n) is 41.9. The number of piperidine rings is 1. The fourth-order valence-corrected chi connectivity index (χ4v) is 17.1. The summed E-state index contributed by atoms with van der Waals surface area (Å²) in [6.45, 7) is 42.5. The number of benzene rings is 1. The minimum Gasteiger partial charge on any atom is -0.479 e. The molecule has 15 nitrogen and oxygen atoms in total. The maximum Gasteiger partial charge on any atom is 0.180 e. The molecule has 0 aromatic heterocycles. The number of rotatable bonds is 5. The lowest BCUT2D eigenvalue weighted by Crippen LogP contribution is -2.51. The number of allylic oxidation sites excluding steroid dienone is 2. The number of aliphatic hydroxyl groups excluding tert-OH is 1. The number of likely N-dealkylation sites (N-methyl/N-ethyl adjacent to an activating group) is 5. The van der Waals surface area contributed by atoms with Crippen LogP contribution in [0.5, 0.6) is 0 Å². The van der Waals surface area contributed by atoms with Crippen LogP contribution in [-0.4, -0.2) is 297 Å². The number of ether oxygens (including phenoxy) is 4. The minimum atomic E-state index is -0.347. The number of likely N-dealkylation sites (tertiary alicyclic amines) is 4. The fraction of sp³-hybridized carbons (Fsp3) is 0.884. The zero-order valence-electron chi connectivity index (χ0n) is 71.2. The standard InChI is InChI=1S/C10H18.C10H12.2C7H15NO.C7H14O.C7H12.C6H14N2.C6H13N.C5H11NO.C5H11N.C4H6Cl2.C4H7NO.C4H9NS.C4H7NS/c1-7-4-5-8-6-9(7)10(8,2)3;1-8-7-10(8)9-5-3-2-4-6-9;2*1-8-5-3-4-7(8)6-9-2;1-6-4-2-3-5-7(6)8;1-7-5-3-2-4-6-7;1-7-3-5-8(2)6-4-7;1-7-5-3-2-4-6-7;1-6-2-4-7-5-3-6;1-6-4-2-3-5-6;1-3-2-4(3,5)6;1-4-5-2-3-6-4;1-5-2-3-6-4-5;1-4-5-2-3-6-4/h7-9H,4-6H2,1-3H3;2-6,8,10H,7H2,1H3;2*7H,3-6H2,1-2H3;6-8H,2-5H2,1H3;5H,2-4,6H2,1H3;3-6H2,1-2H3;2-6H2,1H3;2-5H2,1H3;2-5H2,1H3;3H,2H2,1H3;2-3H2,1H3;2-4H2,1H3;2-3H2,1H3/t;8?,10-;2*7-;6-,7-;;;;;;;;;/m.0100........./s1. The third-order valence-corrected chi connectivity index (χ3v) is 26.7. The number of nitrogens with zero attached hydrogens (tertiary/aromatic N) is 10. The molecule has 2 bridgehead atoms. The molecular weight excluding hydrogens is 1390 g/mol. The van der Waals surface area contributed by atoms with E-state index < -0.39 is 0 Å². The van der Waals surface area contributed by atoms with Gasteiger partial charge in [0.2, 0.25) is 0 Å². The number of aliphatic imine (C=N–C) groups is 2. The van der Waals surface area contributed by atoms with E-state index in [2.05, 4.69) is 190 Å². The predicted molar refractivity (Wildman–Crippen MR) is 462 cm³/mol. The molecule has 0 spiro atoms. The SMILES string of the molecule is CC1=CCCCC1.CC1=NCCO1.CC1=NCCS1.CC1CC1(Cl)Cl.CC1CCC2CC1C2(C)C.CC1C[C@@H]1c1ccccc1.CN1CCCC1.CN1CCCCC1.CN1CCN(C)CC1.CN1CCOCC1.CN1CCSC1.COC[C@@H]1CCCN1C.COC[C@H]1CCCN1C.C[C@H]1CCCC[C@@H]1O. The van der Waals surface area contributed by atoms with Crippen molar-refractivity contribution in [2.24, 2.45) is 50.9 Å². The molecule has 7 aliphatic carbocycles. The van der Waals surface area contributed by atoms with Crippen LogP contribution < -0.4 is 0 Å². The third-order valence-electron chi connectivity index (χ3n) is 23.6. The maximum absolute atomic E-state index is 9.18. The normalized spacial score (nSPS) is 30.0. The van der Waals surface area contributed by atoms with Crippen molar-refractivity contribution < 1.29 is 24.1 Å². The van der Waals surface area contributed by atoms with E-state index in [-0.39, 0.29) is 10.4 Å². The number of halogens is 2. The molecule has 19 heteroatoms. The predicted octanol–water partition coefficient (Wildman–Crippen LogP) is 17.4. The van der Waals surface area contributed by atoms with Crippen LogP contribution in [0.3, 0.4) is 0 Å². The van der Waals surface area contributed by atoms with Gasteiger partial charge in [-0.15, -0.1) is 46.7 Å². The summed E-state index contributed by atoms with van der Waals surface area (Å²) in [6.07, 6.45) is 32.0. The van der Waals surface area contributed by atoms with E-state index in [0.29, 0.717) is 29.3 Å². The van der Waals surface area contributed by atoms with E-state index in [1.807, 2.05) is 37.4 Å². The molecule has 10 atom stereocenters. The Bertz CT molecular complexity index is 2260. The number of aliphatic hydroxyl groups is 1. The summed E-state index contributed by atoms with van der Waals surface area (Å²) in [5.41, 5.74) is 3.82. The first-order valence-corrected chi connectivity index (χ1v) is 44.8. The lowest BCUT2D eigenvalue weighted by Gasteiger charge is -2.59. The molecule has 13 fully saturated rings. The zero-order chi connectivity index (χ0) is 77.4. The zero-order valence-corrected chi connectivity index (χ0v) is 74.3. The molecule has 1 aromatic rings. The smallest absolute Gasteiger partial charge is 0.180 e. The van der Waals surface area contributed by atoms with E-state index in [4.69, 9.17) is 42.1 Å². The van der Waals surface area contributed by atoms with Gasteiger partial charge in [-0.2, -0.15) is 0 Å². The second-order valence-corrected chi connectivity index (χ2v) is 37.5. The highest BCUT2D eigenvalue weighted by atomic mass is 35.5. The van der Waals surface area contributed by atoms with Crippen LogP contribution in [0.1, 0.15) is 215 Å². The van der Waals surface area contributed by atoms with Crippen LogP contribution in [0.15, 0.2) is 52.0 Å². The van der Waals surface area contributed by atoms with E-state index >= 15 is 0 Å². The molecular formula is C86H164Cl2N10O5S2. The van der Waals surface area contributed by atoms with Gasteiger partial charge in [0, 0.05) is 103 Å². The Labute approximate surface area is 666 Å². The summed E-state index contributed by atoms with van der Waals surface area (Å²) in [5.74, 6) is 10.6. The molecule has 16 aliphatic rings. The number of hydrogen-bond acceptors (Lipinski definition) is 17. The molecule has 0 amide bonds. The lowest BCUT2D eigenvalue weighted by atomic mass is 9.46. The average molecular weight is 1550 g/mol. The average Bonchev–Trinajstić information content (AvgIpc) is 1.70. The Hall–Kier alpha value is -1.10. The van der Waals surface area contributed by atoms with Gasteiger partial charge in [0.05, 0.1) is 44.1 Å². The fourth-order valence-electron chi connectivity index (χ4n) is 15.0. The Morgan fingerprint density at radius 2 is 1.07 bits per heavy atom. The molecule has 614 valence electrons. The van der Waals surface area contributed by atoms with Crippen molar-refractivity contribution in [3.63, 3.8) is 0 Å². The lowest BCUT2D eigenvalue weighted by molar-refractivity contribution is -0.0988. The summed E-state index contributed by atoms with van der Waals surface area (Å²) in [6, 6.07) is 12.2. The number of thioether (sulfide) groups is 2. The first-order chi connectivity index (χ1) is 50.2. The molecule has 1 N–H and O–H groups in total. The minimum absolute atomic E-state index is 0.00347. The highest BCUT2D eigenvalue weighted by molar-refractivity contribution is 8.14. The van der Waals surface area contributed by atoms with Crippen LogP contribution in [0.25, 0.3) is 0 Å². The molecule has 9 heterocycles. The van der Waals surface area contributed by atoms with Crippen LogP contribution in [0.2, 0.25) is 0 Å². The number of alkyl halides is 2. The highest BCUT2D eigenvalue weighted by Crippen LogP contribution is 2.61. The van der Waals surface area contributed by atoms with Gasteiger partial charge in [0.1, 0.15) is 10.9 Å². The number of morpholine rings is 1. The second-order valence-electron chi connectivity index (χ2n) is 33.6. The summed E-state index contributed by atoms with van der Waals surface area (Å²) < 4.78 is 19.8. The van der Waals surface area contributed by atoms with Crippen molar-refractivity contribution in [3.8, 4) is 0 Å². The van der Waals surface area contributed by atoms with Crippen molar-refractivity contribution in [1.82, 2.24) is 39.2 Å². The van der Waals surface area contributed by atoms with Crippen LogP contribution >= 0.6 is 46.7 Å². The van der Waals surface area contributed by atoms with Gasteiger partial charge < -0.3 is 58.4 Å². The number of hydrogen-bond donors (Lipinski definition) is 1. The third kappa shape index (κ3) is 46.6. The number of fused-ring (bicyclic) bond motifs is 2. The summed E-state index contributed by atoms with van der Waals surface area (Å²) in [5, 5.41) is 10.4. The van der Waals surface area contributed by atoms with Gasteiger partial charge in [-0.05, 0) is 277 Å². The number of piperazine rings is 1. The molecule has 1 aromatic carbocycles. The largest absolute Gasteiger partial charge is 0.479 e. The molecule has 5 unspecified atom stereocenters. The Kier molecular flexibility index (Phi) is 54.0. The van der Waals surface area contributed by atoms with Crippen molar-refractivity contribution in [1.29, 1.82) is 0 Å². The topological polar surface area (TPSA) is 108 Å². The van der Waals surface area contributed by atoms with Gasteiger partial charge in [-0.25, -0.2) is 0 Å². The van der Waals surface area contributed by atoms with Crippen molar-refractivity contribution in [3.05, 3.63) is 47.5 Å². The monoisotopic (exact) mass is 1550 g/mol. The second kappa shape index (κ2) is 57.9. The van der Waals surface area contributed by atoms with Crippen molar-refractivity contribution in [2.45, 2.75) is 232 Å². The Morgan fingerprint density at radius 3 is 1.31 bits per heavy atom. The van der Waals surface area contributed by atoms with Crippen LogP contribution in [0, 0.1) is 40.9 Å². The Balaban J connectivity index is 0.000000295. The molecule has 7 saturated heterocycles. The summed E-state index contributed by atoms with van der Waals surface area (Å²) in [4.78, 5) is 26.8. The van der Waals surface area contributed by atoms with Crippen LogP contribution in [-0.2, 0) is 18.9 Å². The highest BCUT2D eigenvalue weighted by Gasteiger charge is 2.52. The van der Waals surface area contributed by atoms with Gasteiger partial charge in [-0.1, -0.05) is 109 Å².